The van der Waals surface area contributed by atoms with Crippen LogP contribution >= 0.6 is 0 Å². The summed E-state index contributed by atoms with van der Waals surface area (Å²) >= 11 is 0. The number of ether oxygens (including phenoxy) is 1. The minimum Gasteiger partial charge on any atom is -0.389 e. The topological polar surface area (TPSA) is 74.7 Å². The molecule has 0 bridgehead atoms. The number of urea groups is 1. The summed E-state index contributed by atoms with van der Waals surface area (Å²) in [5.41, 5.74) is 1.65. The van der Waals surface area contributed by atoms with Crippen LogP contribution in [0.5, 0.6) is 0 Å². The first-order valence-corrected chi connectivity index (χ1v) is 7.37. The number of aliphatic hydroxyl groups excluding tert-OH is 1. The molecule has 2 rings (SSSR count). The summed E-state index contributed by atoms with van der Waals surface area (Å²) in [6.45, 7) is 0.782. The van der Waals surface area contributed by atoms with E-state index in [1.807, 2.05) is 30.3 Å². The average Bonchev–Trinajstić information content (AvgIpc) is 2.56. The fourth-order valence-electron chi connectivity index (χ4n) is 1.99. The number of carbonyl (C=O) groups excluding carboxylic acids is 1. The molecule has 0 aliphatic heterocycles. The summed E-state index contributed by atoms with van der Waals surface area (Å²) < 4.78 is 5.46. The Kier molecular flexibility index (Phi) is 6.53. The second kappa shape index (κ2) is 8.87. The van der Waals surface area contributed by atoms with E-state index in [1.165, 1.54) is 4.90 Å². The molecule has 1 aromatic heterocycles. The number of carbonyl (C=O) groups is 1. The molecule has 0 saturated carbocycles. The van der Waals surface area contributed by atoms with Crippen molar-refractivity contribution in [3.8, 4) is 0 Å². The van der Waals surface area contributed by atoms with Gasteiger partial charge < -0.3 is 20.1 Å². The smallest absolute Gasteiger partial charge is 0.321 e. The number of pyridine rings is 1. The van der Waals surface area contributed by atoms with Crippen LogP contribution in [-0.4, -0.2) is 47.3 Å². The number of likely N-dealkylation sites (N-methyl/N-ethyl adjacent to an activating group) is 1. The molecule has 0 fully saturated rings. The third-order valence-corrected chi connectivity index (χ3v) is 3.17. The van der Waals surface area contributed by atoms with Gasteiger partial charge in [0.1, 0.15) is 0 Å². The van der Waals surface area contributed by atoms with Crippen molar-refractivity contribution in [2.45, 2.75) is 12.7 Å². The number of hydrogen-bond acceptors (Lipinski definition) is 4. The molecule has 0 saturated heterocycles. The van der Waals surface area contributed by atoms with E-state index < -0.39 is 6.10 Å². The molecular weight excluding hydrogens is 294 g/mol. The Balaban J connectivity index is 1.69. The molecular formula is C17H21N3O3. The lowest BCUT2D eigenvalue weighted by Gasteiger charge is -2.21. The second-order valence-corrected chi connectivity index (χ2v) is 5.21. The normalized spacial score (nSPS) is 11.7. The summed E-state index contributed by atoms with van der Waals surface area (Å²) in [6.07, 6.45) is 2.45. The van der Waals surface area contributed by atoms with Crippen LogP contribution in [0.15, 0.2) is 54.9 Å². The Hall–Kier alpha value is -2.44. The van der Waals surface area contributed by atoms with Crippen molar-refractivity contribution in [1.82, 2.24) is 9.88 Å². The third kappa shape index (κ3) is 6.06. The molecule has 23 heavy (non-hydrogen) atoms. The van der Waals surface area contributed by atoms with E-state index in [2.05, 4.69) is 10.3 Å². The number of anilines is 1. The highest BCUT2D eigenvalue weighted by Gasteiger charge is 2.14. The van der Waals surface area contributed by atoms with Crippen LogP contribution < -0.4 is 5.32 Å². The van der Waals surface area contributed by atoms with Gasteiger partial charge in [0.05, 0.1) is 37.7 Å². The van der Waals surface area contributed by atoms with E-state index in [1.54, 1.807) is 31.6 Å². The first-order valence-electron chi connectivity index (χ1n) is 7.37. The zero-order chi connectivity index (χ0) is 16.5. The highest BCUT2D eigenvalue weighted by atomic mass is 16.5. The highest BCUT2D eigenvalue weighted by Crippen LogP contribution is 2.05. The van der Waals surface area contributed by atoms with Crippen molar-refractivity contribution in [3.63, 3.8) is 0 Å². The molecule has 0 aliphatic carbocycles. The maximum atomic E-state index is 12.0. The number of aromatic nitrogens is 1. The van der Waals surface area contributed by atoms with Crippen LogP contribution in [0, 0.1) is 0 Å². The van der Waals surface area contributed by atoms with Gasteiger partial charge in [-0.15, -0.1) is 0 Å². The molecule has 6 nitrogen and oxygen atoms in total. The van der Waals surface area contributed by atoms with E-state index in [4.69, 9.17) is 4.74 Å². The number of hydrogen-bond donors (Lipinski definition) is 2. The third-order valence-electron chi connectivity index (χ3n) is 3.17. The first kappa shape index (κ1) is 16.9. The zero-order valence-corrected chi connectivity index (χ0v) is 13.1. The maximum Gasteiger partial charge on any atom is 0.321 e. The van der Waals surface area contributed by atoms with Gasteiger partial charge in [0.25, 0.3) is 0 Å². The fourth-order valence-corrected chi connectivity index (χ4v) is 1.99. The molecule has 1 unspecified atom stereocenters. The summed E-state index contributed by atoms with van der Waals surface area (Å²) in [7, 11) is 1.62. The summed E-state index contributed by atoms with van der Waals surface area (Å²) in [5, 5.41) is 12.7. The van der Waals surface area contributed by atoms with Gasteiger partial charge in [-0.3, -0.25) is 4.98 Å². The Morgan fingerprint density at radius 2 is 2.09 bits per heavy atom. The average molecular weight is 315 g/mol. The summed E-state index contributed by atoms with van der Waals surface area (Å²) in [5.74, 6) is 0. The van der Waals surface area contributed by atoms with E-state index >= 15 is 0 Å². The van der Waals surface area contributed by atoms with Crippen LogP contribution in [0.3, 0.4) is 0 Å². The molecule has 6 heteroatoms. The fraction of sp³-hybridized carbons (Fsp3) is 0.294. The lowest BCUT2D eigenvalue weighted by atomic mass is 10.2. The van der Waals surface area contributed by atoms with Gasteiger partial charge in [0.2, 0.25) is 0 Å². The predicted octanol–water partition coefficient (Wildman–Crippen LogP) is 2.12. The molecule has 0 aliphatic rings. The molecule has 1 heterocycles. The number of amides is 2. The molecule has 2 aromatic rings. The maximum absolute atomic E-state index is 12.0. The van der Waals surface area contributed by atoms with E-state index in [9.17, 15) is 9.90 Å². The van der Waals surface area contributed by atoms with Crippen molar-refractivity contribution in [3.05, 3.63) is 60.4 Å². The Labute approximate surface area is 135 Å². The van der Waals surface area contributed by atoms with Crippen molar-refractivity contribution in [2.24, 2.45) is 0 Å². The molecule has 0 spiro atoms. The number of benzene rings is 1. The van der Waals surface area contributed by atoms with Crippen molar-refractivity contribution in [1.29, 1.82) is 0 Å². The Bertz CT molecular complexity index is 593. The molecule has 0 radical (unpaired) electrons. The van der Waals surface area contributed by atoms with Gasteiger partial charge >= 0.3 is 6.03 Å². The number of aliphatic hydroxyl groups is 1. The zero-order valence-electron chi connectivity index (χ0n) is 13.1. The lowest BCUT2D eigenvalue weighted by Crippen LogP contribution is -2.38. The highest BCUT2D eigenvalue weighted by molar-refractivity contribution is 5.88. The predicted molar refractivity (Wildman–Crippen MR) is 88.0 cm³/mol. The number of nitrogens with zero attached hydrogens (tertiary/aromatic N) is 2. The number of rotatable bonds is 7. The van der Waals surface area contributed by atoms with E-state index in [-0.39, 0.29) is 19.2 Å². The minimum atomic E-state index is -0.747. The molecule has 2 amide bonds. The van der Waals surface area contributed by atoms with Crippen molar-refractivity contribution >= 4 is 11.7 Å². The minimum absolute atomic E-state index is 0.166. The Morgan fingerprint density at radius 1 is 1.30 bits per heavy atom. The largest absolute Gasteiger partial charge is 0.389 e. The van der Waals surface area contributed by atoms with E-state index in [0.717, 1.165) is 5.56 Å². The summed E-state index contributed by atoms with van der Waals surface area (Å²) in [4.78, 5) is 17.3. The molecule has 2 N–H and O–H groups in total. The Morgan fingerprint density at radius 3 is 2.78 bits per heavy atom. The van der Waals surface area contributed by atoms with Gasteiger partial charge in [-0.25, -0.2) is 4.79 Å². The first-order chi connectivity index (χ1) is 11.1. The molecule has 122 valence electrons. The van der Waals surface area contributed by atoms with Crippen molar-refractivity contribution in [2.75, 3.05) is 25.5 Å². The van der Waals surface area contributed by atoms with Crippen LogP contribution in [0.2, 0.25) is 0 Å². The van der Waals surface area contributed by atoms with E-state index in [0.29, 0.717) is 12.3 Å². The quantitative estimate of drug-likeness (QED) is 0.821. The van der Waals surface area contributed by atoms with Crippen LogP contribution in [0.25, 0.3) is 0 Å². The van der Waals surface area contributed by atoms with Gasteiger partial charge in [-0.05, 0) is 17.7 Å². The van der Waals surface area contributed by atoms with Crippen LogP contribution in [0.4, 0.5) is 10.5 Å². The van der Waals surface area contributed by atoms with Crippen LogP contribution in [0.1, 0.15) is 5.56 Å². The van der Waals surface area contributed by atoms with Crippen molar-refractivity contribution < 1.29 is 14.6 Å². The standard InChI is InChI=1S/C17H21N3O3/c1-20(17(22)19-15-8-5-9-18-10-15)11-16(21)13-23-12-14-6-3-2-4-7-14/h2-10,16,21H,11-13H2,1H3,(H,19,22). The second-order valence-electron chi connectivity index (χ2n) is 5.21. The molecule has 1 atom stereocenters. The van der Waals surface area contributed by atoms with Gasteiger partial charge in [0.15, 0.2) is 0 Å². The van der Waals surface area contributed by atoms with Gasteiger partial charge in [-0.1, -0.05) is 30.3 Å². The van der Waals surface area contributed by atoms with Gasteiger partial charge in [-0.2, -0.15) is 0 Å². The molecule has 1 aromatic carbocycles. The van der Waals surface area contributed by atoms with Gasteiger partial charge in [0, 0.05) is 13.2 Å². The monoisotopic (exact) mass is 315 g/mol. The lowest BCUT2D eigenvalue weighted by molar-refractivity contribution is 0.0188. The summed E-state index contributed by atoms with van der Waals surface area (Å²) in [6, 6.07) is 12.9. The van der Waals surface area contributed by atoms with Crippen LogP contribution in [-0.2, 0) is 11.3 Å². The number of nitrogens with one attached hydrogen (secondary N) is 1. The SMILES string of the molecule is CN(CC(O)COCc1ccccc1)C(=O)Nc1cccnc1.